The molecule has 5 heteroatoms. The van der Waals surface area contributed by atoms with Gasteiger partial charge in [0.05, 0.1) is 18.0 Å². The molecule has 2 rings (SSSR count). The lowest BCUT2D eigenvalue weighted by Crippen LogP contribution is -2.46. The molecule has 4 nitrogen and oxygen atoms in total. The highest BCUT2D eigenvalue weighted by atomic mass is 35.5. The van der Waals surface area contributed by atoms with Crippen LogP contribution in [0.15, 0.2) is 12.4 Å². The molecule has 0 bridgehead atoms. The fourth-order valence-corrected chi connectivity index (χ4v) is 2.04. The van der Waals surface area contributed by atoms with E-state index in [0.717, 1.165) is 25.2 Å². The first kappa shape index (κ1) is 10.6. The molecule has 1 unspecified atom stereocenters. The zero-order valence-corrected chi connectivity index (χ0v) is 9.41. The summed E-state index contributed by atoms with van der Waals surface area (Å²) in [7, 11) is 0. The number of hydrogen-bond acceptors (Lipinski definition) is 4. The molecule has 0 amide bonds. The van der Waals surface area contributed by atoms with Gasteiger partial charge in [-0.15, -0.1) is 0 Å². The third-order valence-electron chi connectivity index (χ3n) is 2.59. The summed E-state index contributed by atoms with van der Waals surface area (Å²) in [5.41, 5.74) is -0.637. The minimum Gasteiger partial charge on any atom is -0.388 e. The van der Waals surface area contributed by atoms with Crippen LogP contribution in [-0.2, 0) is 0 Å². The zero-order valence-electron chi connectivity index (χ0n) is 8.65. The lowest BCUT2D eigenvalue weighted by molar-refractivity contribution is 0.0447. The molecule has 1 N–H and O–H groups in total. The molecule has 82 valence electrons. The molecule has 0 saturated carbocycles. The Bertz CT molecular complexity index is 356. The van der Waals surface area contributed by atoms with E-state index in [1.54, 1.807) is 6.20 Å². The number of β-amino-alcohol motifs (C(OH)–C–C–N with tert-alkyl or cyclic N) is 1. The van der Waals surface area contributed by atoms with Crippen LogP contribution in [0, 0.1) is 0 Å². The molecule has 1 aliphatic rings. The first-order valence-corrected chi connectivity index (χ1v) is 5.39. The maximum absolute atomic E-state index is 9.95. The second-order valence-corrected chi connectivity index (χ2v) is 4.61. The minimum atomic E-state index is -0.637. The van der Waals surface area contributed by atoms with Crippen molar-refractivity contribution < 1.29 is 5.11 Å². The number of aromatic nitrogens is 2. The lowest BCUT2D eigenvalue weighted by Gasteiger charge is -2.37. The van der Waals surface area contributed by atoms with Gasteiger partial charge in [-0.25, -0.2) is 4.98 Å². The number of nitrogens with zero attached hydrogens (tertiary/aromatic N) is 3. The van der Waals surface area contributed by atoms with E-state index in [2.05, 4.69) is 9.97 Å². The number of anilines is 1. The van der Waals surface area contributed by atoms with Gasteiger partial charge in [0.1, 0.15) is 11.0 Å². The SMILES string of the molecule is CC1(O)CCCN(c2cncc(Cl)n2)C1. The largest absolute Gasteiger partial charge is 0.388 e. The van der Waals surface area contributed by atoms with Gasteiger partial charge in [0.15, 0.2) is 0 Å². The highest BCUT2D eigenvalue weighted by Crippen LogP contribution is 2.24. The van der Waals surface area contributed by atoms with E-state index in [9.17, 15) is 5.11 Å². The predicted octanol–water partition coefficient (Wildman–Crippen LogP) is 1.48. The third kappa shape index (κ3) is 2.58. The van der Waals surface area contributed by atoms with E-state index in [1.807, 2.05) is 11.8 Å². The van der Waals surface area contributed by atoms with Gasteiger partial charge >= 0.3 is 0 Å². The summed E-state index contributed by atoms with van der Waals surface area (Å²) in [5.74, 6) is 0.738. The van der Waals surface area contributed by atoms with Crippen molar-refractivity contribution in [3.63, 3.8) is 0 Å². The quantitative estimate of drug-likeness (QED) is 0.790. The lowest BCUT2D eigenvalue weighted by atomic mass is 9.95. The molecule has 1 saturated heterocycles. The first-order chi connectivity index (χ1) is 7.07. The third-order valence-corrected chi connectivity index (χ3v) is 2.77. The number of piperidine rings is 1. The highest BCUT2D eigenvalue weighted by molar-refractivity contribution is 6.29. The van der Waals surface area contributed by atoms with E-state index in [4.69, 9.17) is 11.6 Å². The fourth-order valence-electron chi connectivity index (χ4n) is 1.90. The summed E-state index contributed by atoms with van der Waals surface area (Å²) >= 11 is 5.77. The molecule has 0 radical (unpaired) electrons. The molecule has 2 heterocycles. The Kier molecular flexibility index (Phi) is 2.80. The van der Waals surface area contributed by atoms with Crippen molar-refractivity contribution in [1.82, 2.24) is 9.97 Å². The van der Waals surface area contributed by atoms with Crippen LogP contribution in [0.3, 0.4) is 0 Å². The summed E-state index contributed by atoms with van der Waals surface area (Å²) in [6, 6.07) is 0. The maximum Gasteiger partial charge on any atom is 0.149 e. The molecule has 0 spiro atoms. The molecule has 1 aromatic rings. The molecule has 1 aliphatic heterocycles. The molecular weight excluding hydrogens is 214 g/mol. The molecule has 1 aromatic heterocycles. The molecular formula is C10H14ClN3O. The summed E-state index contributed by atoms with van der Waals surface area (Å²) in [6.45, 7) is 3.32. The van der Waals surface area contributed by atoms with Crippen molar-refractivity contribution in [2.75, 3.05) is 18.0 Å². The minimum absolute atomic E-state index is 0.387. The first-order valence-electron chi connectivity index (χ1n) is 5.02. The van der Waals surface area contributed by atoms with Gasteiger partial charge in [-0.05, 0) is 19.8 Å². The molecule has 1 fully saturated rings. The van der Waals surface area contributed by atoms with E-state index in [1.165, 1.54) is 6.20 Å². The Hall–Kier alpha value is -0.870. The van der Waals surface area contributed by atoms with Crippen LogP contribution in [0.2, 0.25) is 5.15 Å². The number of rotatable bonds is 1. The second-order valence-electron chi connectivity index (χ2n) is 4.22. The topological polar surface area (TPSA) is 49.2 Å². The number of halogens is 1. The van der Waals surface area contributed by atoms with Gasteiger partial charge in [-0.3, -0.25) is 4.98 Å². The molecule has 0 aliphatic carbocycles. The van der Waals surface area contributed by atoms with E-state index in [-0.39, 0.29) is 0 Å². The van der Waals surface area contributed by atoms with Gasteiger partial charge in [0, 0.05) is 13.1 Å². The highest BCUT2D eigenvalue weighted by Gasteiger charge is 2.29. The Balaban J connectivity index is 2.17. The summed E-state index contributed by atoms with van der Waals surface area (Å²) < 4.78 is 0. The van der Waals surface area contributed by atoms with Crippen molar-refractivity contribution >= 4 is 17.4 Å². The van der Waals surface area contributed by atoms with Crippen molar-refractivity contribution in [1.29, 1.82) is 0 Å². The van der Waals surface area contributed by atoms with E-state index < -0.39 is 5.60 Å². The Morgan fingerprint density at radius 3 is 3.00 bits per heavy atom. The molecule has 15 heavy (non-hydrogen) atoms. The summed E-state index contributed by atoms with van der Waals surface area (Å²) in [5, 5.41) is 10.3. The van der Waals surface area contributed by atoms with Crippen LogP contribution in [0.1, 0.15) is 19.8 Å². The van der Waals surface area contributed by atoms with Gasteiger partial charge in [0.2, 0.25) is 0 Å². The smallest absolute Gasteiger partial charge is 0.149 e. The summed E-state index contributed by atoms with van der Waals surface area (Å²) in [6.07, 6.45) is 4.97. The normalized spacial score (nSPS) is 26.7. The van der Waals surface area contributed by atoms with Crippen LogP contribution >= 0.6 is 11.6 Å². The number of aliphatic hydroxyl groups is 1. The monoisotopic (exact) mass is 227 g/mol. The maximum atomic E-state index is 9.95. The van der Waals surface area contributed by atoms with E-state index in [0.29, 0.717) is 11.7 Å². The van der Waals surface area contributed by atoms with Crippen LogP contribution in [0.4, 0.5) is 5.82 Å². The van der Waals surface area contributed by atoms with Gasteiger partial charge in [-0.1, -0.05) is 11.6 Å². The zero-order chi connectivity index (χ0) is 10.9. The Morgan fingerprint density at radius 2 is 2.33 bits per heavy atom. The standard InChI is InChI=1S/C10H14ClN3O/c1-10(15)3-2-4-14(7-10)9-6-12-5-8(11)13-9/h5-6,15H,2-4,7H2,1H3. The molecule has 0 aromatic carbocycles. The fraction of sp³-hybridized carbons (Fsp3) is 0.600. The Morgan fingerprint density at radius 1 is 1.53 bits per heavy atom. The van der Waals surface area contributed by atoms with Crippen molar-refractivity contribution in [3.8, 4) is 0 Å². The van der Waals surface area contributed by atoms with Gasteiger partial charge in [0.25, 0.3) is 0 Å². The Labute approximate surface area is 93.9 Å². The van der Waals surface area contributed by atoms with Gasteiger partial charge in [-0.2, -0.15) is 0 Å². The predicted molar refractivity (Wildman–Crippen MR) is 59.1 cm³/mol. The van der Waals surface area contributed by atoms with Crippen LogP contribution in [-0.4, -0.2) is 33.8 Å². The van der Waals surface area contributed by atoms with Crippen molar-refractivity contribution in [2.45, 2.75) is 25.4 Å². The van der Waals surface area contributed by atoms with Crippen LogP contribution in [0.5, 0.6) is 0 Å². The molecule has 1 atom stereocenters. The van der Waals surface area contributed by atoms with Crippen molar-refractivity contribution in [2.24, 2.45) is 0 Å². The second kappa shape index (κ2) is 3.94. The summed E-state index contributed by atoms with van der Waals surface area (Å²) in [4.78, 5) is 10.2. The van der Waals surface area contributed by atoms with Crippen LogP contribution in [0.25, 0.3) is 0 Å². The van der Waals surface area contributed by atoms with E-state index >= 15 is 0 Å². The number of hydrogen-bond donors (Lipinski definition) is 1. The average Bonchev–Trinajstić information content (AvgIpc) is 2.16. The van der Waals surface area contributed by atoms with Crippen molar-refractivity contribution in [3.05, 3.63) is 17.5 Å². The van der Waals surface area contributed by atoms with Gasteiger partial charge < -0.3 is 10.0 Å². The average molecular weight is 228 g/mol. The van der Waals surface area contributed by atoms with Crippen LogP contribution < -0.4 is 4.90 Å².